The minimum absolute atomic E-state index is 0.344. The first kappa shape index (κ1) is 11.5. The average Bonchev–Trinajstić information content (AvgIpc) is 2.02. The van der Waals surface area contributed by atoms with Gasteiger partial charge >= 0.3 is 5.97 Å². The normalized spacial score (nSPS) is 38.6. The summed E-state index contributed by atoms with van der Waals surface area (Å²) in [6.07, 6.45) is 3.10. The molecule has 0 aromatic rings. The van der Waals surface area contributed by atoms with E-state index in [-0.39, 0.29) is 0 Å². The van der Waals surface area contributed by atoms with Crippen LogP contribution in [-0.2, 0) is 4.79 Å². The molecule has 0 aromatic heterocycles. The van der Waals surface area contributed by atoms with Gasteiger partial charge in [-0.1, -0.05) is 27.2 Å². The minimum atomic E-state index is -0.609. The summed E-state index contributed by atoms with van der Waals surface area (Å²) in [5.41, 5.74) is -0.494. The lowest BCUT2D eigenvalue weighted by Crippen LogP contribution is -2.43. The largest absolute Gasteiger partial charge is 0.481 e. The van der Waals surface area contributed by atoms with Crippen molar-refractivity contribution in [2.24, 2.45) is 23.2 Å². The highest BCUT2D eigenvalue weighted by atomic mass is 16.4. The second-order valence-corrected chi connectivity index (χ2v) is 5.46. The van der Waals surface area contributed by atoms with Crippen molar-refractivity contribution in [1.29, 1.82) is 0 Å². The highest BCUT2D eigenvalue weighted by Crippen LogP contribution is 2.46. The first-order chi connectivity index (χ1) is 6.38. The summed E-state index contributed by atoms with van der Waals surface area (Å²) in [6.45, 7) is 8.37. The summed E-state index contributed by atoms with van der Waals surface area (Å²) in [5, 5.41) is 9.33. The van der Waals surface area contributed by atoms with Crippen LogP contribution in [0.3, 0.4) is 0 Å². The molecule has 0 bridgehead atoms. The molecule has 0 unspecified atom stereocenters. The molecule has 2 nitrogen and oxygen atoms in total. The van der Waals surface area contributed by atoms with Crippen LogP contribution in [0.1, 0.15) is 47.0 Å². The molecule has 0 saturated heterocycles. The zero-order valence-corrected chi connectivity index (χ0v) is 9.71. The maximum absolute atomic E-state index is 11.3. The van der Waals surface area contributed by atoms with Gasteiger partial charge in [0, 0.05) is 0 Å². The topological polar surface area (TPSA) is 37.3 Å². The van der Waals surface area contributed by atoms with E-state index in [0.717, 1.165) is 12.8 Å². The Morgan fingerprint density at radius 2 is 2.00 bits per heavy atom. The van der Waals surface area contributed by atoms with Crippen LogP contribution in [0, 0.1) is 23.2 Å². The molecule has 0 aliphatic heterocycles. The van der Waals surface area contributed by atoms with Crippen LogP contribution in [0.25, 0.3) is 0 Å². The highest BCUT2D eigenvalue weighted by Gasteiger charge is 2.46. The van der Waals surface area contributed by atoms with E-state index in [2.05, 4.69) is 20.8 Å². The van der Waals surface area contributed by atoms with E-state index in [1.807, 2.05) is 6.92 Å². The van der Waals surface area contributed by atoms with Gasteiger partial charge in [-0.15, -0.1) is 0 Å². The van der Waals surface area contributed by atoms with Gasteiger partial charge in [0.05, 0.1) is 5.41 Å². The summed E-state index contributed by atoms with van der Waals surface area (Å²) in [5.74, 6) is 0.772. The third kappa shape index (κ3) is 1.94. The van der Waals surface area contributed by atoms with Crippen molar-refractivity contribution in [3.63, 3.8) is 0 Å². The lowest BCUT2D eigenvalue weighted by Gasteiger charge is -2.43. The van der Waals surface area contributed by atoms with Crippen molar-refractivity contribution in [2.45, 2.75) is 47.0 Å². The second kappa shape index (κ2) is 3.92. The molecule has 0 aromatic carbocycles. The van der Waals surface area contributed by atoms with Gasteiger partial charge in [0.15, 0.2) is 0 Å². The maximum atomic E-state index is 11.3. The fraction of sp³-hybridized carbons (Fsp3) is 0.917. The summed E-state index contributed by atoms with van der Waals surface area (Å²) < 4.78 is 0. The second-order valence-electron chi connectivity index (χ2n) is 5.46. The van der Waals surface area contributed by atoms with Crippen molar-refractivity contribution in [3.05, 3.63) is 0 Å². The van der Waals surface area contributed by atoms with Crippen molar-refractivity contribution in [2.75, 3.05) is 0 Å². The molecule has 1 rings (SSSR count). The number of carbonyl (C=O) groups is 1. The van der Waals surface area contributed by atoms with E-state index in [4.69, 9.17) is 0 Å². The molecule has 1 N–H and O–H groups in total. The molecule has 2 heteroatoms. The third-order valence-electron chi connectivity index (χ3n) is 3.85. The minimum Gasteiger partial charge on any atom is -0.481 e. The van der Waals surface area contributed by atoms with Crippen LogP contribution in [0.2, 0.25) is 0 Å². The molecular weight excluding hydrogens is 176 g/mol. The fourth-order valence-corrected chi connectivity index (χ4v) is 3.07. The zero-order valence-electron chi connectivity index (χ0n) is 9.71. The molecular formula is C12H22O2. The predicted octanol–water partition coefficient (Wildman–Crippen LogP) is 3.17. The molecule has 1 aliphatic rings. The smallest absolute Gasteiger partial charge is 0.309 e. The Morgan fingerprint density at radius 1 is 1.43 bits per heavy atom. The summed E-state index contributed by atoms with van der Waals surface area (Å²) >= 11 is 0. The van der Waals surface area contributed by atoms with Crippen molar-refractivity contribution in [1.82, 2.24) is 0 Å². The molecule has 1 fully saturated rings. The van der Waals surface area contributed by atoms with Gasteiger partial charge in [0.2, 0.25) is 0 Å². The Morgan fingerprint density at radius 3 is 2.43 bits per heavy atom. The number of aliphatic carboxylic acids is 1. The van der Waals surface area contributed by atoms with Crippen LogP contribution in [0.5, 0.6) is 0 Å². The summed E-state index contributed by atoms with van der Waals surface area (Å²) in [7, 11) is 0. The van der Waals surface area contributed by atoms with E-state index < -0.39 is 11.4 Å². The number of carboxylic acids is 1. The van der Waals surface area contributed by atoms with Crippen LogP contribution in [0.15, 0.2) is 0 Å². The van der Waals surface area contributed by atoms with Gasteiger partial charge in [-0.25, -0.2) is 0 Å². The van der Waals surface area contributed by atoms with Crippen molar-refractivity contribution in [3.8, 4) is 0 Å². The van der Waals surface area contributed by atoms with Crippen molar-refractivity contribution < 1.29 is 9.90 Å². The first-order valence-electron chi connectivity index (χ1n) is 5.61. The van der Waals surface area contributed by atoms with Crippen LogP contribution < -0.4 is 0 Å². The fourth-order valence-electron chi connectivity index (χ4n) is 3.07. The molecule has 82 valence electrons. The molecule has 1 aliphatic carbocycles. The van der Waals surface area contributed by atoms with E-state index in [9.17, 15) is 9.90 Å². The maximum Gasteiger partial charge on any atom is 0.309 e. The SMILES string of the molecule is CC(C)[C@H]1CC[C@@H](C)C[C@]1(C)C(=O)O. The Balaban J connectivity index is 2.88. The van der Waals surface area contributed by atoms with E-state index in [1.165, 1.54) is 6.42 Å². The summed E-state index contributed by atoms with van der Waals surface area (Å²) in [4.78, 5) is 11.3. The Hall–Kier alpha value is -0.530. The Kier molecular flexibility index (Phi) is 3.23. The standard InChI is InChI=1S/C12H22O2/c1-8(2)10-6-5-9(3)7-12(10,4)11(13)14/h8-10H,5-7H2,1-4H3,(H,13,14)/t9-,10-,12+/m1/s1. The molecule has 0 radical (unpaired) electrons. The third-order valence-corrected chi connectivity index (χ3v) is 3.85. The van der Waals surface area contributed by atoms with Crippen LogP contribution >= 0.6 is 0 Å². The lowest BCUT2D eigenvalue weighted by molar-refractivity contribution is -0.156. The first-order valence-corrected chi connectivity index (χ1v) is 5.61. The van der Waals surface area contributed by atoms with Gasteiger partial charge < -0.3 is 5.11 Å². The lowest BCUT2D eigenvalue weighted by atomic mass is 9.61. The zero-order chi connectivity index (χ0) is 10.9. The number of hydrogen-bond donors (Lipinski definition) is 1. The molecule has 0 amide bonds. The van der Waals surface area contributed by atoms with Crippen LogP contribution in [0.4, 0.5) is 0 Å². The van der Waals surface area contributed by atoms with Crippen molar-refractivity contribution >= 4 is 5.97 Å². The summed E-state index contributed by atoms with van der Waals surface area (Å²) in [6, 6.07) is 0. The monoisotopic (exact) mass is 198 g/mol. The van der Waals surface area contributed by atoms with Gasteiger partial charge in [-0.3, -0.25) is 4.79 Å². The quantitative estimate of drug-likeness (QED) is 0.740. The molecule has 0 heterocycles. The van der Waals surface area contributed by atoms with Gasteiger partial charge in [-0.05, 0) is 37.5 Å². The Bertz CT molecular complexity index is 222. The van der Waals surface area contributed by atoms with Gasteiger partial charge in [-0.2, -0.15) is 0 Å². The number of carboxylic acid groups (broad SMARTS) is 1. The predicted molar refractivity (Wildman–Crippen MR) is 57.1 cm³/mol. The van der Waals surface area contributed by atoms with Gasteiger partial charge in [0.1, 0.15) is 0 Å². The number of hydrogen-bond acceptors (Lipinski definition) is 1. The molecule has 3 atom stereocenters. The molecule has 0 spiro atoms. The van der Waals surface area contributed by atoms with E-state index in [0.29, 0.717) is 17.8 Å². The molecule has 1 saturated carbocycles. The van der Waals surface area contributed by atoms with Gasteiger partial charge in [0.25, 0.3) is 0 Å². The highest BCUT2D eigenvalue weighted by molar-refractivity contribution is 5.74. The van der Waals surface area contributed by atoms with E-state index >= 15 is 0 Å². The van der Waals surface area contributed by atoms with Crippen LogP contribution in [-0.4, -0.2) is 11.1 Å². The van der Waals surface area contributed by atoms with E-state index in [1.54, 1.807) is 0 Å². The Labute approximate surface area is 86.7 Å². The molecule has 14 heavy (non-hydrogen) atoms. The number of rotatable bonds is 2. The average molecular weight is 198 g/mol.